The topological polar surface area (TPSA) is 65.8 Å². The molecule has 0 fully saturated rings. The monoisotopic (exact) mass is 159 g/mol. The van der Waals surface area contributed by atoms with E-state index in [0.29, 0.717) is 0 Å². The SMILES string of the molecule is [N-]=[N+]=NS(=O)C(F)(F)F. The van der Waals surface area contributed by atoms with Crippen molar-refractivity contribution in [3.63, 3.8) is 0 Å². The van der Waals surface area contributed by atoms with Gasteiger partial charge in [0, 0.05) is 9.43 Å². The van der Waals surface area contributed by atoms with Crippen molar-refractivity contribution in [3.05, 3.63) is 10.4 Å². The normalized spacial score (nSPS) is 14.1. The van der Waals surface area contributed by atoms with E-state index in [2.05, 4.69) is 0 Å². The molecule has 0 aliphatic rings. The number of alkyl halides is 3. The van der Waals surface area contributed by atoms with Crippen LogP contribution in [0, 0.1) is 0 Å². The molecule has 0 spiro atoms. The number of hydrogen-bond donors (Lipinski definition) is 0. The molecule has 0 N–H and O–H groups in total. The van der Waals surface area contributed by atoms with Crippen LogP contribution in [0.25, 0.3) is 10.4 Å². The van der Waals surface area contributed by atoms with Crippen molar-refractivity contribution < 1.29 is 17.4 Å². The third-order valence-electron chi connectivity index (χ3n) is 0.309. The Kier molecular flexibility index (Phi) is 2.47. The lowest BCUT2D eigenvalue weighted by Gasteiger charge is -1.96. The highest BCUT2D eigenvalue weighted by Gasteiger charge is 2.36. The van der Waals surface area contributed by atoms with Crippen molar-refractivity contribution in [2.45, 2.75) is 5.51 Å². The van der Waals surface area contributed by atoms with Crippen molar-refractivity contribution in [1.29, 1.82) is 0 Å². The predicted octanol–water partition coefficient (Wildman–Crippen LogP) is 1.48. The first-order valence-electron chi connectivity index (χ1n) is 1.52. The molecule has 0 aromatic rings. The lowest BCUT2D eigenvalue weighted by Crippen LogP contribution is -2.12. The van der Waals surface area contributed by atoms with Crippen LogP contribution in [0.2, 0.25) is 0 Å². The maximum absolute atomic E-state index is 11.1. The molecule has 0 radical (unpaired) electrons. The number of rotatable bonds is 1. The molecule has 0 aromatic carbocycles. The Hall–Kier alpha value is -0.750. The van der Waals surface area contributed by atoms with Crippen LogP contribution in [-0.2, 0) is 11.0 Å². The van der Waals surface area contributed by atoms with E-state index < -0.39 is 16.5 Å². The van der Waals surface area contributed by atoms with Gasteiger partial charge in [-0.1, -0.05) is 0 Å². The Morgan fingerprint density at radius 2 is 2.00 bits per heavy atom. The van der Waals surface area contributed by atoms with Crippen molar-refractivity contribution in [2.24, 2.45) is 4.52 Å². The van der Waals surface area contributed by atoms with Crippen LogP contribution in [0.4, 0.5) is 13.2 Å². The van der Waals surface area contributed by atoms with Gasteiger partial charge in [-0.05, 0) is 5.53 Å². The summed E-state index contributed by atoms with van der Waals surface area (Å²) in [5.74, 6) is 0. The highest BCUT2D eigenvalue weighted by atomic mass is 32.2. The second kappa shape index (κ2) is 2.70. The van der Waals surface area contributed by atoms with Crippen LogP contribution in [0.1, 0.15) is 0 Å². The summed E-state index contributed by atoms with van der Waals surface area (Å²) in [6.45, 7) is 0. The van der Waals surface area contributed by atoms with E-state index >= 15 is 0 Å². The molecule has 1 atom stereocenters. The summed E-state index contributed by atoms with van der Waals surface area (Å²) in [6, 6.07) is 0. The molecule has 0 saturated heterocycles. The fraction of sp³-hybridized carbons (Fsp3) is 1.00. The van der Waals surface area contributed by atoms with Crippen molar-refractivity contribution in [3.8, 4) is 0 Å². The smallest absolute Gasteiger partial charge is 0.243 e. The van der Waals surface area contributed by atoms with E-state index in [1.807, 2.05) is 4.52 Å². The summed E-state index contributed by atoms with van der Waals surface area (Å²) in [5, 5.41) is 0. The maximum atomic E-state index is 11.1. The van der Waals surface area contributed by atoms with Gasteiger partial charge in [-0.15, -0.1) is 0 Å². The van der Waals surface area contributed by atoms with Gasteiger partial charge in [0.1, 0.15) is 0 Å². The first kappa shape index (κ1) is 8.25. The molecule has 0 aliphatic heterocycles. The maximum Gasteiger partial charge on any atom is 0.478 e. The van der Waals surface area contributed by atoms with E-state index in [0.717, 1.165) is 0 Å². The first-order chi connectivity index (χ1) is 3.98. The summed E-state index contributed by atoms with van der Waals surface area (Å²) in [5.41, 5.74) is 2.43. The molecule has 0 rings (SSSR count). The third-order valence-corrected chi connectivity index (χ3v) is 0.926. The quantitative estimate of drug-likeness (QED) is 0.324. The number of azide groups is 1. The third kappa shape index (κ3) is 2.94. The van der Waals surface area contributed by atoms with Gasteiger partial charge < -0.3 is 0 Å². The average molecular weight is 159 g/mol. The summed E-state index contributed by atoms with van der Waals surface area (Å²) in [7, 11) is -3.43. The van der Waals surface area contributed by atoms with Gasteiger partial charge in [-0.3, -0.25) is 0 Å². The van der Waals surface area contributed by atoms with Crippen LogP contribution >= 0.6 is 0 Å². The van der Waals surface area contributed by atoms with Crippen molar-refractivity contribution in [1.82, 2.24) is 0 Å². The highest BCUT2D eigenvalue weighted by Crippen LogP contribution is 2.20. The zero-order chi connectivity index (χ0) is 7.49. The Bertz CT molecular complexity index is 168. The molecular weight excluding hydrogens is 159 g/mol. The van der Waals surface area contributed by atoms with Crippen LogP contribution < -0.4 is 0 Å². The second-order valence-electron chi connectivity index (χ2n) is 0.866. The minimum atomic E-state index is -4.94. The Morgan fingerprint density at radius 1 is 1.56 bits per heavy atom. The van der Waals surface area contributed by atoms with E-state index in [1.165, 1.54) is 0 Å². The van der Waals surface area contributed by atoms with Crippen molar-refractivity contribution >= 4 is 11.0 Å². The largest absolute Gasteiger partial charge is 0.478 e. The van der Waals surface area contributed by atoms with E-state index in [-0.39, 0.29) is 0 Å². The summed E-state index contributed by atoms with van der Waals surface area (Å²) < 4.78 is 44.8. The van der Waals surface area contributed by atoms with E-state index in [1.54, 1.807) is 4.91 Å². The summed E-state index contributed by atoms with van der Waals surface area (Å²) in [4.78, 5) is 1.71. The molecule has 9 heavy (non-hydrogen) atoms. The molecule has 0 heterocycles. The molecule has 4 nitrogen and oxygen atoms in total. The molecule has 0 aromatic heterocycles. The van der Waals surface area contributed by atoms with E-state index in [9.17, 15) is 17.4 Å². The van der Waals surface area contributed by atoms with Crippen LogP contribution in [0.3, 0.4) is 0 Å². The van der Waals surface area contributed by atoms with Gasteiger partial charge in [-0.2, -0.15) is 13.2 Å². The van der Waals surface area contributed by atoms with Gasteiger partial charge in [-0.25, -0.2) is 4.21 Å². The van der Waals surface area contributed by atoms with Crippen LogP contribution in [0.15, 0.2) is 4.52 Å². The molecule has 0 amide bonds. The minimum absolute atomic E-state index is 1.71. The molecule has 0 aliphatic carbocycles. The Morgan fingerprint density at radius 3 is 2.11 bits per heavy atom. The van der Waals surface area contributed by atoms with Gasteiger partial charge in [0.25, 0.3) is 0 Å². The number of nitrogens with zero attached hydrogens (tertiary/aromatic N) is 3. The summed E-state index contributed by atoms with van der Waals surface area (Å²) in [6.07, 6.45) is 0. The fourth-order valence-electron chi connectivity index (χ4n) is 0.0795. The predicted molar refractivity (Wildman–Crippen MR) is 23.3 cm³/mol. The molecular formula is CF3N3OS. The molecule has 0 saturated carbocycles. The van der Waals surface area contributed by atoms with Gasteiger partial charge >= 0.3 is 5.51 Å². The second-order valence-corrected chi connectivity index (χ2v) is 1.99. The summed E-state index contributed by atoms with van der Waals surface area (Å²) >= 11 is 0. The van der Waals surface area contributed by atoms with Gasteiger partial charge in [0.15, 0.2) is 0 Å². The first-order valence-corrected chi connectivity index (χ1v) is 2.63. The number of halogens is 3. The van der Waals surface area contributed by atoms with Crippen LogP contribution in [-0.4, -0.2) is 9.72 Å². The molecule has 52 valence electrons. The minimum Gasteiger partial charge on any atom is -0.243 e. The zero-order valence-corrected chi connectivity index (χ0v) is 4.61. The van der Waals surface area contributed by atoms with Gasteiger partial charge in [0.2, 0.25) is 11.0 Å². The zero-order valence-electron chi connectivity index (χ0n) is 3.79. The Labute approximate surface area is 49.9 Å². The van der Waals surface area contributed by atoms with Gasteiger partial charge in [0.05, 0.1) is 0 Å². The number of hydrogen-bond acceptors (Lipinski definition) is 1. The Balaban J connectivity index is 4.22. The van der Waals surface area contributed by atoms with E-state index in [4.69, 9.17) is 5.53 Å². The van der Waals surface area contributed by atoms with Crippen molar-refractivity contribution in [2.75, 3.05) is 0 Å². The lowest BCUT2D eigenvalue weighted by molar-refractivity contribution is -0.0384. The lowest BCUT2D eigenvalue weighted by atomic mass is 11.6. The highest BCUT2D eigenvalue weighted by molar-refractivity contribution is 7.84. The molecule has 1 unspecified atom stereocenters. The molecule has 8 heteroatoms. The standard InChI is InChI=1S/CF3N3OS/c2-1(3,4)9(8)7-6-5. The molecule has 0 bridgehead atoms. The fourth-order valence-corrected chi connectivity index (χ4v) is 0.238. The average Bonchev–Trinajstić information content (AvgIpc) is 1.64. The van der Waals surface area contributed by atoms with Crippen LogP contribution in [0.5, 0.6) is 0 Å².